The Balaban J connectivity index is 4.95. The van der Waals surface area contributed by atoms with E-state index >= 15 is 0 Å². The van der Waals surface area contributed by atoms with Crippen molar-refractivity contribution in [2.75, 3.05) is 5.75 Å². The van der Waals surface area contributed by atoms with Crippen molar-refractivity contribution >= 4 is 21.4 Å². The molecule has 0 aliphatic heterocycles. The summed E-state index contributed by atoms with van der Waals surface area (Å²) in [4.78, 5) is 0. The van der Waals surface area contributed by atoms with Gasteiger partial charge in [-0.25, -0.2) is 0 Å². The van der Waals surface area contributed by atoms with E-state index in [1.165, 1.54) is 0 Å². The zero-order chi connectivity index (χ0) is 13.5. The lowest BCUT2D eigenvalue weighted by molar-refractivity contribution is 0.144. The standard InChI is InChI=1S/C12H22O3SSi/c1-10(2)13-17(9-7-8-16,14-11(3)4)15-12(5)6/h16H,1,3,5,7-9H2,2,4,6H3. The van der Waals surface area contributed by atoms with Crippen molar-refractivity contribution in [1.82, 2.24) is 0 Å². The van der Waals surface area contributed by atoms with E-state index in [9.17, 15) is 0 Å². The highest BCUT2D eigenvalue weighted by Gasteiger charge is 2.47. The SMILES string of the molecule is C=C(C)O[Si](CCCS)(OC(=C)C)OC(=C)C. The lowest BCUT2D eigenvalue weighted by atomic mass is 10.6. The molecule has 0 unspecified atom stereocenters. The van der Waals surface area contributed by atoms with E-state index in [0.717, 1.165) is 12.2 Å². The molecule has 0 bridgehead atoms. The molecule has 0 aromatic rings. The van der Waals surface area contributed by atoms with Gasteiger partial charge in [-0.1, -0.05) is 19.7 Å². The van der Waals surface area contributed by atoms with Crippen LogP contribution in [0, 0.1) is 0 Å². The zero-order valence-electron chi connectivity index (χ0n) is 10.9. The Hall–Kier alpha value is -0.813. The summed E-state index contributed by atoms with van der Waals surface area (Å²) in [6, 6.07) is 0.656. The highest BCUT2D eigenvalue weighted by Crippen LogP contribution is 2.25. The predicted octanol–water partition coefficient (Wildman–Crippen LogP) is 3.90. The summed E-state index contributed by atoms with van der Waals surface area (Å²) in [6.45, 7) is 16.5. The van der Waals surface area contributed by atoms with E-state index in [2.05, 4.69) is 32.4 Å². The van der Waals surface area contributed by atoms with Gasteiger partial charge in [-0.05, 0) is 32.9 Å². The third kappa shape index (κ3) is 7.17. The van der Waals surface area contributed by atoms with Gasteiger partial charge in [-0.15, -0.1) is 0 Å². The number of hydrogen-bond acceptors (Lipinski definition) is 4. The maximum Gasteiger partial charge on any atom is 0.698 e. The molecule has 0 atom stereocenters. The topological polar surface area (TPSA) is 27.7 Å². The molecule has 17 heavy (non-hydrogen) atoms. The molecule has 0 rings (SSSR count). The molecule has 0 radical (unpaired) electrons. The molecule has 3 nitrogen and oxygen atoms in total. The first-order chi connectivity index (χ1) is 7.81. The molecule has 98 valence electrons. The van der Waals surface area contributed by atoms with Crippen LogP contribution in [-0.2, 0) is 13.3 Å². The normalized spacial score (nSPS) is 10.6. The maximum atomic E-state index is 5.71. The van der Waals surface area contributed by atoms with Crippen molar-refractivity contribution in [3.63, 3.8) is 0 Å². The summed E-state index contributed by atoms with van der Waals surface area (Å²) in [7, 11) is -2.85. The summed E-state index contributed by atoms with van der Waals surface area (Å²) in [5.74, 6) is 2.45. The summed E-state index contributed by atoms with van der Waals surface area (Å²) in [5, 5.41) is 0. The van der Waals surface area contributed by atoms with Crippen LogP contribution in [0.2, 0.25) is 6.04 Å². The van der Waals surface area contributed by atoms with Gasteiger partial charge >= 0.3 is 8.80 Å². The van der Waals surface area contributed by atoms with Gasteiger partial charge in [0.05, 0.1) is 23.3 Å². The van der Waals surface area contributed by atoms with Crippen LogP contribution in [0.25, 0.3) is 0 Å². The molecule has 0 saturated heterocycles. The largest absolute Gasteiger partial charge is 0.698 e. The molecule has 0 N–H and O–H groups in total. The Morgan fingerprint density at radius 1 is 0.941 bits per heavy atom. The molecule has 0 fully saturated rings. The minimum absolute atomic E-state index is 0.568. The van der Waals surface area contributed by atoms with Crippen LogP contribution >= 0.6 is 12.6 Å². The van der Waals surface area contributed by atoms with Crippen molar-refractivity contribution < 1.29 is 13.3 Å². The van der Waals surface area contributed by atoms with E-state index in [4.69, 9.17) is 13.3 Å². The number of thiol groups is 1. The van der Waals surface area contributed by atoms with Gasteiger partial charge in [0.25, 0.3) is 0 Å². The van der Waals surface area contributed by atoms with E-state index in [-0.39, 0.29) is 0 Å². The highest BCUT2D eigenvalue weighted by atomic mass is 32.1. The van der Waals surface area contributed by atoms with Gasteiger partial charge in [-0.3, -0.25) is 0 Å². The molecule has 0 aromatic heterocycles. The lowest BCUT2D eigenvalue weighted by Crippen LogP contribution is -2.44. The first-order valence-corrected chi connectivity index (χ1v) is 8.02. The Bertz CT molecular complexity index is 261. The summed E-state index contributed by atoms with van der Waals surface area (Å²) in [6.07, 6.45) is 0.836. The Morgan fingerprint density at radius 2 is 1.29 bits per heavy atom. The second-order valence-corrected chi connectivity index (χ2v) is 6.85. The van der Waals surface area contributed by atoms with Crippen LogP contribution in [0.4, 0.5) is 0 Å². The summed E-state index contributed by atoms with van der Waals surface area (Å²) in [5.41, 5.74) is 0. The smallest absolute Gasteiger partial charge is 0.488 e. The molecular weight excluding hydrogens is 252 g/mol. The van der Waals surface area contributed by atoms with E-state index in [0.29, 0.717) is 23.3 Å². The maximum absolute atomic E-state index is 5.71. The fourth-order valence-corrected chi connectivity index (χ4v) is 4.40. The quantitative estimate of drug-likeness (QED) is 0.392. The Morgan fingerprint density at radius 3 is 1.53 bits per heavy atom. The minimum Gasteiger partial charge on any atom is -0.488 e. The first kappa shape index (κ1) is 16.2. The van der Waals surface area contributed by atoms with Crippen molar-refractivity contribution in [1.29, 1.82) is 0 Å². The van der Waals surface area contributed by atoms with Crippen molar-refractivity contribution in [3.05, 3.63) is 37.0 Å². The highest BCUT2D eigenvalue weighted by molar-refractivity contribution is 7.80. The van der Waals surface area contributed by atoms with Crippen molar-refractivity contribution in [3.8, 4) is 0 Å². The van der Waals surface area contributed by atoms with Gasteiger partial charge in [0.1, 0.15) is 0 Å². The van der Waals surface area contributed by atoms with Gasteiger partial charge in [0, 0.05) is 0 Å². The zero-order valence-corrected chi connectivity index (χ0v) is 12.8. The lowest BCUT2D eigenvalue weighted by Gasteiger charge is -2.30. The fraction of sp³-hybridized carbons (Fsp3) is 0.500. The molecule has 0 heterocycles. The minimum atomic E-state index is -2.85. The Labute approximate surface area is 111 Å². The number of allylic oxidation sites excluding steroid dienone is 3. The first-order valence-electron chi connectivity index (χ1n) is 5.46. The predicted molar refractivity (Wildman–Crippen MR) is 76.7 cm³/mol. The third-order valence-corrected chi connectivity index (χ3v) is 4.89. The van der Waals surface area contributed by atoms with Crippen LogP contribution in [-0.4, -0.2) is 14.6 Å². The van der Waals surface area contributed by atoms with E-state index in [1.807, 2.05) is 0 Å². The molecule has 0 saturated carbocycles. The molecule has 0 aromatic carbocycles. The van der Waals surface area contributed by atoms with Gasteiger partial charge in [0.15, 0.2) is 0 Å². The monoisotopic (exact) mass is 274 g/mol. The fourth-order valence-electron chi connectivity index (χ4n) is 1.31. The average molecular weight is 274 g/mol. The third-order valence-electron chi connectivity index (χ3n) is 1.63. The summed E-state index contributed by atoms with van der Waals surface area (Å²) < 4.78 is 17.1. The van der Waals surface area contributed by atoms with Crippen molar-refractivity contribution in [2.24, 2.45) is 0 Å². The van der Waals surface area contributed by atoms with E-state index < -0.39 is 8.80 Å². The number of rotatable bonds is 9. The molecular formula is C12H22O3SSi. The van der Waals surface area contributed by atoms with Gasteiger partial charge in [0.2, 0.25) is 0 Å². The van der Waals surface area contributed by atoms with Crippen LogP contribution in [0.15, 0.2) is 37.0 Å². The molecule has 0 aliphatic rings. The van der Waals surface area contributed by atoms with Gasteiger partial charge < -0.3 is 13.3 Å². The molecule has 0 spiro atoms. The number of hydrogen-bond donors (Lipinski definition) is 1. The Kier molecular flexibility index (Phi) is 7.14. The van der Waals surface area contributed by atoms with Crippen LogP contribution < -0.4 is 0 Å². The van der Waals surface area contributed by atoms with Crippen molar-refractivity contribution in [2.45, 2.75) is 33.2 Å². The second kappa shape index (κ2) is 7.50. The molecule has 0 aliphatic carbocycles. The van der Waals surface area contributed by atoms with Gasteiger partial charge in [-0.2, -0.15) is 12.6 Å². The second-order valence-electron chi connectivity index (χ2n) is 3.92. The average Bonchev–Trinajstić information content (AvgIpc) is 2.11. The molecule has 5 heteroatoms. The van der Waals surface area contributed by atoms with Crippen LogP contribution in [0.3, 0.4) is 0 Å². The summed E-state index contributed by atoms with van der Waals surface area (Å²) >= 11 is 4.19. The molecule has 0 amide bonds. The van der Waals surface area contributed by atoms with Crippen LogP contribution in [0.1, 0.15) is 27.2 Å². The van der Waals surface area contributed by atoms with E-state index in [1.54, 1.807) is 20.8 Å². The van der Waals surface area contributed by atoms with Crippen LogP contribution in [0.5, 0.6) is 0 Å².